The van der Waals surface area contributed by atoms with Crippen LogP contribution in [0, 0.1) is 0 Å². The highest BCUT2D eigenvalue weighted by atomic mass is 32.2. The zero-order valence-corrected chi connectivity index (χ0v) is 18.3. The fourth-order valence-electron chi connectivity index (χ4n) is 2.62. The number of esters is 1. The van der Waals surface area contributed by atoms with Crippen LogP contribution in [0.2, 0.25) is 0 Å². The van der Waals surface area contributed by atoms with Crippen LogP contribution in [0.1, 0.15) is 35.7 Å². The summed E-state index contributed by atoms with van der Waals surface area (Å²) in [5, 5.41) is 11.1. The highest BCUT2D eigenvalue weighted by Gasteiger charge is 2.13. The first-order valence-corrected chi connectivity index (χ1v) is 10.6. The smallest absolute Gasteiger partial charge is 0.338 e. The van der Waals surface area contributed by atoms with Crippen molar-refractivity contribution in [3.8, 4) is 5.75 Å². The number of methoxy groups -OCH3 is 1. The van der Waals surface area contributed by atoms with Crippen molar-refractivity contribution in [1.29, 1.82) is 0 Å². The van der Waals surface area contributed by atoms with Crippen LogP contribution < -0.4 is 10.1 Å². The first-order valence-electron chi connectivity index (χ1n) is 9.62. The number of rotatable bonds is 9. The number of anilines is 1. The molecule has 1 N–H and O–H groups in total. The lowest BCUT2D eigenvalue weighted by Crippen LogP contribution is -2.15. The van der Waals surface area contributed by atoms with Crippen molar-refractivity contribution in [3.63, 3.8) is 0 Å². The Hall–Kier alpha value is -3.33. The molecule has 3 rings (SSSR count). The number of ether oxygens (including phenoxy) is 2. The summed E-state index contributed by atoms with van der Waals surface area (Å²) >= 11 is 1.14. The maximum atomic E-state index is 12.3. The monoisotopic (exact) mass is 441 g/mol. The Kier molecular flexibility index (Phi) is 7.66. The average molecular weight is 442 g/mol. The molecule has 0 saturated heterocycles. The summed E-state index contributed by atoms with van der Waals surface area (Å²) in [5.41, 5.74) is 1.89. The van der Waals surface area contributed by atoms with E-state index >= 15 is 0 Å². The Labute approximate surface area is 184 Å². The van der Waals surface area contributed by atoms with Crippen molar-refractivity contribution >= 4 is 29.3 Å². The molecule has 0 fully saturated rings. The van der Waals surface area contributed by atoms with Crippen LogP contribution in [0.3, 0.4) is 0 Å². The molecule has 0 spiro atoms. The fourth-order valence-corrected chi connectivity index (χ4v) is 3.20. The number of aromatic nitrogens is 2. The Morgan fingerprint density at radius 1 is 1.13 bits per heavy atom. The van der Waals surface area contributed by atoms with E-state index in [1.54, 1.807) is 45.2 Å². The van der Waals surface area contributed by atoms with E-state index in [0.717, 1.165) is 23.1 Å². The Morgan fingerprint density at radius 2 is 1.90 bits per heavy atom. The van der Waals surface area contributed by atoms with Gasteiger partial charge in [0.25, 0.3) is 5.22 Å². The Morgan fingerprint density at radius 3 is 2.61 bits per heavy atom. The number of carbonyl (C=O) groups excluding carboxylic acids is 2. The molecule has 0 unspecified atom stereocenters. The summed E-state index contributed by atoms with van der Waals surface area (Å²) in [6.07, 6.45) is 0.273. The number of thioether (sulfide) groups is 1. The largest absolute Gasteiger partial charge is 0.497 e. The molecule has 0 radical (unpaired) electrons. The predicted octanol–water partition coefficient (Wildman–Crippen LogP) is 3.97. The van der Waals surface area contributed by atoms with Crippen LogP contribution in [-0.2, 0) is 16.0 Å². The quantitative estimate of drug-likeness (QED) is 0.393. The zero-order valence-electron chi connectivity index (χ0n) is 17.5. The summed E-state index contributed by atoms with van der Waals surface area (Å²) < 4.78 is 15.9. The van der Waals surface area contributed by atoms with Gasteiger partial charge in [0, 0.05) is 5.69 Å². The van der Waals surface area contributed by atoms with Gasteiger partial charge in [-0.1, -0.05) is 30.0 Å². The van der Waals surface area contributed by atoms with Crippen molar-refractivity contribution < 1.29 is 23.5 Å². The Bertz CT molecular complexity index is 1030. The highest BCUT2D eigenvalue weighted by Crippen LogP contribution is 2.20. The molecule has 0 aliphatic rings. The second-order valence-electron chi connectivity index (χ2n) is 6.86. The summed E-state index contributed by atoms with van der Waals surface area (Å²) in [5.74, 6) is 0.638. The van der Waals surface area contributed by atoms with Crippen molar-refractivity contribution in [2.24, 2.45) is 0 Å². The third-order valence-electron chi connectivity index (χ3n) is 4.01. The second-order valence-corrected chi connectivity index (χ2v) is 7.78. The number of carbonyl (C=O) groups is 2. The van der Waals surface area contributed by atoms with Gasteiger partial charge in [0.05, 0.1) is 31.0 Å². The van der Waals surface area contributed by atoms with Crippen LogP contribution in [0.25, 0.3) is 0 Å². The molecule has 0 aliphatic heterocycles. The van der Waals surface area contributed by atoms with E-state index < -0.39 is 5.97 Å². The summed E-state index contributed by atoms with van der Waals surface area (Å²) in [7, 11) is 1.62. The van der Waals surface area contributed by atoms with Gasteiger partial charge in [-0.25, -0.2) is 4.79 Å². The van der Waals surface area contributed by atoms with Gasteiger partial charge in [-0.05, 0) is 49.7 Å². The molecule has 0 bridgehead atoms. The zero-order chi connectivity index (χ0) is 22.2. The van der Waals surface area contributed by atoms with E-state index in [1.165, 1.54) is 0 Å². The standard InChI is InChI=1S/C22H23N3O5S/c1-14(2)29-21(27)16-5-4-6-17(12-16)23-19(26)13-31-22-25-24-20(30-22)11-15-7-9-18(28-3)10-8-15/h4-10,12,14H,11,13H2,1-3H3,(H,23,26). The maximum Gasteiger partial charge on any atom is 0.338 e. The molecular formula is C22H23N3O5S. The average Bonchev–Trinajstić information content (AvgIpc) is 3.20. The number of benzene rings is 2. The lowest BCUT2D eigenvalue weighted by atomic mass is 10.1. The van der Waals surface area contributed by atoms with Gasteiger partial charge >= 0.3 is 5.97 Å². The number of hydrogen-bond donors (Lipinski definition) is 1. The molecule has 1 aromatic heterocycles. The van der Waals surface area contributed by atoms with Gasteiger partial charge < -0.3 is 19.2 Å². The minimum Gasteiger partial charge on any atom is -0.497 e. The third kappa shape index (κ3) is 6.85. The first-order chi connectivity index (χ1) is 14.9. The lowest BCUT2D eigenvalue weighted by molar-refractivity contribution is -0.113. The van der Waals surface area contributed by atoms with Crippen LogP contribution in [0.15, 0.2) is 58.2 Å². The van der Waals surface area contributed by atoms with E-state index in [2.05, 4.69) is 15.5 Å². The molecule has 9 heteroatoms. The van der Waals surface area contributed by atoms with Gasteiger partial charge in [0.15, 0.2) is 0 Å². The summed E-state index contributed by atoms with van der Waals surface area (Å²) in [4.78, 5) is 24.2. The molecule has 0 saturated carbocycles. The summed E-state index contributed by atoms with van der Waals surface area (Å²) in [6, 6.07) is 14.2. The van der Waals surface area contributed by atoms with Crippen molar-refractivity contribution in [2.45, 2.75) is 31.6 Å². The summed E-state index contributed by atoms with van der Waals surface area (Å²) in [6.45, 7) is 3.56. The first kappa shape index (κ1) is 22.4. The van der Waals surface area contributed by atoms with Crippen LogP contribution in [0.5, 0.6) is 5.75 Å². The van der Waals surface area contributed by atoms with Gasteiger partial charge in [-0.2, -0.15) is 0 Å². The van der Waals surface area contributed by atoms with Crippen LogP contribution in [-0.4, -0.2) is 41.0 Å². The van der Waals surface area contributed by atoms with Crippen LogP contribution >= 0.6 is 11.8 Å². The highest BCUT2D eigenvalue weighted by molar-refractivity contribution is 7.99. The minimum atomic E-state index is -0.435. The second kappa shape index (κ2) is 10.6. The number of hydrogen-bond acceptors (Lipinski definition) is 8. The molecular weight excluding hydrogens is 418 g/mol. The van der Waals surface area contributed by atoms with E-state index in [9.17, 15) is 9.59 Å². The minimum absolute atomic E-state index is 0.0881. The lowest BCUT2D eigenvalue weighted by Gasteiger charge is -2.09. The molecule has 31 heavy (non-hydrogen) atoms. The Balaban J connectivity index is 1.50. The van der Waals surface area contributed by atoms with Gasteiger partial charge in [0.1, 0.15) is 5.75 Å². The molecule has 0 atom stereocenters. The van der Waals surface area contributed by atoms with Gasteiger partial charge in [-0.3, -0.25) is 4.79 Å². The predicted molar refractivity (Wildman–Crippen MR) is 116 cm³/mol. The SMILES string of the molecule is COc1ccc(Cc2nnc(SCC(=O)Nc3cccc(C(=O)OC(C)C)c3)o2)cc1. The van der Waals surface area contributed by atoms with Crippen molar-refractivity contribution in [3.05, 3.63) is 65.5 Å². The van der Waals surface area contributed by atoms with Gasteiger partial charge in [0.2, 0.25) is 11.8 Å². The molecule has 1 heterocycles. The number of nitrogens with zero attached hydrogens (tertiary/aromatic N) is 2. The fraction of sp³-hybridized carbons (Fsp3) is 0.273. The molecule has 0 aliphatic carbocycles. The molecule has 2 aromatic carbocycles. The number of nitrogens with one attached hydrogen (secondary N) is 1. The molecule has 3 aromatic rings. The third-order valence-corrected chi connectivity index (χ3v) is 4.83. The van der Waals surface area contributed by atoms with E-state index in [-0.39, 0.29) is 17.8 Å². The van der Waals surface area contributed by atoms with E-state index in [0.29, 0.717) is 28.8 Å². The molecule has 1 amide bonds. The molecule has 8 nitrogen and oxygen atoms in total. The van der Waals surface area contributed by atoms with Gasteiger partial charge in [-0.15, -0.1) is 10.2 Å². The maximum absolute atomic E-state index is 12.3. The van der Waals surface area contributed by atoms with E-state index in [1.807, 2.05) is 24.3 Å². The van der Waals surface area contributed by atoms with E-state index in [4.69, 9.17) is 13.9 Å². The topological polar surface area (TPSA) is 104 Å². The number of amides is 1. The normalized spacial score (nSPS) is 10.7. The molecule has 162 valence electrons. The van der Waals surface area contributed by atoms with Crippen molar-refractivity contribution in [2.75, 3.05) is 18.2 Å². The van der Waals surface area contributed by atoms with Crippen LogP contribution in [0.4, 0.5) is 5.69 Å². The van der Waals surface area contributed by atoms with Crippen molar-refractivity contribution in [1.82, 2.24) is 10.2 Å².